The fraction of sp³-hybridized carbons (Fsp3) is 0.0345. The molecule has 2 amide bonds. The second kappa shape index (κ2) is 10.0. The summed E-state index contributed by atoms with van der Waals surface area (Å²) < 4.78 is 17.3. The number of imidazole rings is 2. The lowest BCUT2D eigenvalue weighted by atomic mass is 10.1. The summed E-state index contributed by atoms with van der Waals surface area (Å²) in [6.07, 6.45) is 9.06. The van der Waals surface area contributed by atoms with Crippen LogP contribution in [0.3, 0.4) is 0 Å². The van der Waals surface area contributed by atoms with E-state index in [0.717, 1.165) is 22.5 Å². The maximum Gasteiger partial charge on any atom is 0.323 e. The lowest BCUT2D eigenvalue weighted by molar-refractivity contribution is 0.262. The molecule has 0 radical (unpaired) electrons. The van der Waals surface area contributed by atoms with Gasteiger partial charge < -0.3 is 15.0 Å². The van der Waals surface area contributed by atoms with E-state index in [1.54, 1.807) is 18.5 Å². The number of hydrogen-bond acceptors (Lipinski definition) is 4. The minimum atomic E-state index is -0.557. The summed E-state index contributed by atoms with van der Waals surface area (Å²) in [5.41, 5.74) is 5.18. The molecule has 6 aromatic rings. The Labute approximate surface area is 227 Å². The molecule has 3 heterocycles. The fourth-order valence-corrected chi connectivity index (χ4v) is 4.41. The number of carbonyl (C=O) groups excluding carboxylic acids is 1. The van der Waals surface area contributed by atoms with Crippen LogP contribution in [0.15, 0.2) is 97.7 Å². The summed E-state index contributed by atoms with van der Waals surface area (Å²) in [7, 11) is 0. The summed E-state index contributed by atoms with van der Waals surface area (Å²) in [6.45, 7) is 2.04. The predicted molar refractivity (Wildman–Crippen MR) is 150 cm³/mol. The molecule has 0 spiro atoms. The van der Waals surface area contributed by atoms with Crippen LogP contribution in [-0.4, -0.2) is 30.0 Å². The Balaban J connectivity index is 1.33. The van der Waals surface area contributed by atoms with Crippen molar-refractivity contribution in [2.24, 2.45) is 0 Å². The van der Waals surface area contributed by atoms with Crippen LogP contribution in [-0.2, 0) is 0 Å². The number of nitrogens with zero attached hydrogens (tertiary/aromatic N) is 5. The SMILES string of the molecule is Cc1ccc(-c2nccn2-c2nc(-c3cccc(NC(=O)Nc4ccc(F)c(Cl)c4)c3)cn3ccnc23)cc1. The Morgan fingerprint density at radius 1 is 0.897 bits per heavy atom. The van der Waals surface area contributed by atoms with Gasteiger partial charge in [-0.25, -0.2) is 24.1 Å². The first-order valence-corrected chi connectivity index (χ1v) is 12.4. The number of anilines is 2. The first-order valence-electron chi connectivity index (χ1n) is 12.0. The van der Waals surface area contributed by atoms with Crippen molar-refractivity contribution in [3.63, 3.8) is 0 Å². The van der Waals surface area contributed by atoms with Gasteiger partial charge in [-0.1, -0.05) is 53.6 Å². The quantitative estimate of drug-likeness (QED) is 0.248. The van der Waals surface area contributed by atoms with Crippen molar-refractivity contribution in [1.29, 1.82) is 0 Å². The van der Waals surface area contributed by atoms with E-state index in [0.29, 0.717) is 28.5 Å². The van der Waals surface area contributed by atoms with Gasteiger partial charge >= 0.3 is 6.03 Å². The molecule has 0 saturated carbocycles. The molecule has 0 aliphatic heterocycles. The van der Waals surface area contributed by atoms with Crippen molar-refractivity contribution in [2.75, 3.05) is 10.6 Å². The smallest absolute Gasteiger partial charge is 0.308 e. The lowest BCUT2D eigenvalue weighted by Crippen LogP contribution is -2.19. The lowest BCUT2D eigenvalue weighted by Gasteiger charge is -2.12. The largest absolute Gasteiger partial charge is 0.323 e. The average molecular weight is 538 g/mol. The molecule has 0 bridgehead atoms. The van der Waals surface area contributed by atoms with Gasteiger partial charge in [-0.15, -0.1) is 0 Å². The van der Waals surface area contributed by atoms with Gasteiger partial charge in [0.15, 0.2) is 11.5 Å². The van der Waals surface area contributed by atoms with Crippen LogP contribution in [0, 0.1) is 12.7 Å². The van der Waals surface area contributed by atoms with E-state index in [-0.39, 0.29) is 5.02 Å². The third-order valence-electron chi connectivity index (χ3n) is 6.13. The molecule has 10 heteroatoms. The van der Waals surface area contributed by atoms with E-state index in [1.807, 2.05) is 76.9 Å². The van der Waals surface area contributed by atoms with Crippen molar-refractivity contribution >= 4 is 34.7 Å². The zero-order valence-electron chi connectivity index (χ0n) is 20.6. The van der Waals surface area contributed by atoms with Crippen LogP contribution in [0.4, 0.5) is 20.6 Å². The Hall–Kier alpha value is -5.02. The third kappa shape index (κ3) is 4.95. The summed E-state index contributed by atoms with van der Waals surface area (Å²) in [5, 5.41) is 5.37. The molecule has 3 aromatic carbocycles. The number of aryl methyl sites for hydroxylation is 1. The van der Waals surface area contributed by atoms with Crippen molar-refractivity contribution in [3.8, 4) is 28.5 Å². The van der Waals surface area contributed by atoms with Gasteiger partial charge in [0.25, 0.3) is 0 Å². The Morgan fingerprint density at radius 2 is 1.67 bits per heavy atom. The molecule has 0 saturated heterocycles. The number of urea groups is 1. The highest BCUT2D eigenvalue weighted by molar-refractivity contribution is 6.31. The topological polar surface area (TPSA) is 89.1 Å². The van der Waals surface area contributed by atoms with Gasteiger partial charge in [-0.2, -0.15) is 0 Å². The highest BCUT2D eigenvalue weighted by atomic mass is 35.5. The number of rotatable bonds is 5. The van der Waals surface area contributed by atoms with Crippen LogP contribution in [0.2, 0.25) is 5.02 Å². The van der Waals surface area contributed by atoms with Crippen molar-refractivity contribution in [3.05, 3.63) is 114 Å². The molecule has 0 unspecified atom stereocenters. The second-order valence-electron chi connectivity index (χ2n) is 8.88. The van der Waals surface area contributed by atoms with Gasteiger partial charge in [0, 0.05) is 53.5 Å². The molecular formula is C29H21ClFN7O. The van der Waals surface area contributed by atoms with Crippen molar-refractivity contribution in [2.45, 2.75) is 6.92 Å². The number of hydrogen-bond donors (Lipinski definition) is 2. The van der Waals surface area contributed by atoms with Crippen molar-refractivity contribution < 1.29 is 9.18 Å². The Kier molecular flexibility index (Phi) is 6.26. The van der Waals surface area contributed by atoms with E-state index in [2.05, 4.69) is 20.6 Å². The third-order valence-corrected chi connectivity index (χ3v) is 6.42. The van der Waals surface area contributed by atoms with Crippen LogP contribution in [0.1, 0.15) is 5.56 Å². The minimum absolute atomic E-state index is 0.0741. The highest BCUT2D eigenvalue weighted by Gasteiger charge is 2.16. The van der Waals surface area contributed by atoms with E-state index in [4.69, 9.17) is 16.6 Å². The van der Waals surface area contributed by atoms with Gasteiger partial charge in [0.2, 0.25) is 0 Å². The van der Waals surface area contributed by atoms with E-state index >= 15 is 0 Å². The summed E-state index contributed by atoms with van der Waals surface area (Å²) in [6, 6.07) is 19.0. The van der Waals surface area contributed by atoms with E-state index < -0.39 is 11.8 Å². The number of benzene rings is 3. The highest BCUT2D eigenvalue weighted by Crippen LogP contribution is 2.27. The number of aromatic nitrogens is 5. The molecule has 8 nitrogen and oxygen atoms in total. The first-order chi connectivity index (χ1) is 18.9. The number of amides is 2. The van der Waals surface area contributed by atoms with Crippen LogP contribution >= 0.6 is 11.6 Å². The van der Waals surface area contributed by atoms with Crippen LogP contribution < -0.4 is 10.6 Å². The van der Waals surface area contributed by atoms with Crippen molar-refractivity contribution in [1.82, 2.24) is 23.9 Å². The maximum absolute atomic E-state index is 13.4. The maximum atomic E-state index is 13.4. The second-order valence-corrected chi connectivity index (χ2v) is 9.29. The number of halogens is 2. The molecule has 0 atom stereocenters. The Bertz CT molecular complexity index is 1830. The molecule has 0 aliphatic carbocycles. The summed E-state index contributed by atoms with van der Waals surface area (Å²) >= 11 is 5.81. The summed E-state index contributed by atoms with van der Waals surface area (Å²) in [4.78, 5) is 26.6. The van der Waals surface area contributed by atoms with Gasteiger partial charge in [0.1, 0.15) is 11.6 Å². The van der Waals surface area contributed by atoms with E-state index in [9.17, 15) is 9.18 Å². The minimum Gasteiger partial charge on any atom is -0.308 e. The normalized spacial score (nSPS) is 11.1. The predicted octanol–water partition coefficient (Wildman–Crippen LogP) is 6.99. The molecule has 6 rings (SSSR count). The molecule has 192 valence electrons. The zero-order chi connectivity index (χ0) is 26.9. The molecule has 3 aromatic heterocycles. The molecule has 39 heavy (non-hydrogen) atoms. The molecular weight excluding hydrogens is 517 g/mol. The van der Waals surface area contributed by atoms with Crippen LogP contribution in [0.5, 0.6) is 0 Å². The average Bonchev–Trinajstić information content (AvgIpc) is 3.61. The van der Waals surface area contributed by atoms with Gasteiger partial charge in [-0.05, 0) is 37.3 Å². The monoisotopic (exact) mass is 537 g/mol. The first kappa shape index (κ1) is 24.3. The Morgan fingerprint density at radius 3 is 2.46 bits per heavy atom. The molecule has 0 fully saturated rings. The number of nitrogens with one attached hydrogen (secondary N) is 2. The molecule has 0 aliphatic rings. The summed E-state index contributed by atoms with van der Waals surface area (Å²) in [5.74, 6) is 0.811. The van der Waals surface area contributed by atoms with E-state index in [1.165, 1.54) is 18.2 Å². The molecule has 2 N–H and O–H groups in total. The van der Waals surface area contributed by atoms with Gasteiger partial charge in [-0.3, -0.25) is 4.57 Å². The number of carbonyl (C=O) groups is 1. The number of fused-ring (bicyclic) bond motifs is 1. The van der Waals surface area contributed by atoms with Gasteiger partial charge in [0.05, 0.1) is 10.7 Å². The fourth-order valence-electron chi connectivity index (χ4n) is 4.23. The standard InChI is InChI=1S/C29H21ClFN7O/c1-18-5-7-19(8-6-18)26-32-12-14-38(26)28-27-33-11-13-37(27)17-25(36-28)20-3-2-4-21(15-20)34-29(39)35-22-9-10-24(31)23(30)16-22/h2-17H,1H3,(H2,34,35,39). The van der Waals surface area contributed by atoms with Crippen LogP contribution in [0.25, 0.3) is 34.1 Å². The zero-order valence-corrected chi connectivity index (χ0v) is 21.4.